The van der Waals surface area contributed by atoms with Gasteiger partial charge in [-0.05, 0) is 25.7 Å². The Balaban J connectivity index is 2.41. The van der Waals surface area contributed by atoms with Crippen molar-refractivity contribution in [3.63, 3.8) is 0 Å². The van der Waals surface area contributed by atoms with Gasteiger partial charge in [0, 0.05) is 13.0 Å². The van der Waals surface area contributed by atoms with E-state index in [-0.39, 0.29) is 25.0 Å². The third kappa shape index (κ3) is 6.19. The molecule has 1 aliphatic heterocycles. The van der Waals surface area contributed by atoms with E-state index in [1.807, 2.05) is 0 Å². The molecular weight excluding hydrogens is 252 g/mol. The molecule has 2 amide bonds. The van der Waals surface area contributed by atoms with Gasteiger partial charge < -0.3 is 20.5 Å². The van der Waals surface area contributed by atoms with Crippen molar-refractivity contribution in [2.75, 3.05) is 19.7 Å². The van der Waals surface area contributed by atoms with E-state index >= 15 is 0 Å². The molecule has 3 N–H and O–H groups in total. The molecule has 0 bridgehead atoms. The minimum Gasteiger partial charge on any atom is -0.480 e. The molecule has 1 fully saturated rings. The fourth-order valence-corrected chi connectivity index (χ4v) is 2.06. The van der Waals surface area contributed by atoms with Crippen molar-refractivity contribution in [3.05, 3.63) is 0 Å². The summed E-state index contributed by atoms with van der Waals surface area (Å²) >= 11 is 0. The quantitative estimate of drug-likeness (QED) is 0.663. The third-order valence-electron chi connectivity index (χ3n) is 2.98. The zero-order valence-electron chi connectivity index (χ0n) is 10.8. The van der Waals surface area contributed by atoms with Gasteiger partial charge in [0.2, 0.25) is 11.8 Å². The third-order valence-corrected chi connectivity index (χ3v) is 2.98. The fourth-order valence-electron chi connectivity index (χ4n) is 2.06. The molecule has 0 aliphatic carbocycles. The van der Waals surface area contributed by atoms with Crippen LogP contribution in [0.3, 0.4) is 0 Å². The van der Waals surface area contributed by atoms with Gasteiger partial charge in [-0.15, -0.1) is 0 Å². The fraction of sp³-hybridized carbons (Fsp3) is 0.750. The maximum atomic E-state index is 11.9. The average Bonchev–Trinajstić information content (AvgIpc) is 2.35. The van der Waals surface area contributed by atoms with Gasteiger partial charge in [-0.25, -0.2) is 0 Å². The first-order valence-electron chi connectivity index (χ1n) is 6.38. The Bertz CT molecular complexity index is 323. The first-order valence-corrected chi connectivity index (χ1v) is 6.38. The number of nitrogens with two attached hydrogens (primary N) is 1. The van der Waals surface area contributed by atoms with Crippen LogP contribution in [0.15, 0.2) is 0 Å². The molecule has 7 nitrogen and oxygen atoms in total. The molecule has 0 saturated carbocycles. The van der Waals surface area contributed by atoms with E-state index < -0.39 is 18.4 Å². The summed E-state index contributed by atoms with van der Waals surface area (Å²) in [7, 11) is 0. The molecule has 1 rings (SSSR count). The van der Waals surface area contributed by atoms with Crippen molar-refractivity contribution in [1.29, 1.82) is 0 Å². The number of carboxylic acid groups (broad SMARTS) is 1. The van der Waals surface area contributed by atoms with E-state index in [0.717, 1.165) is 24.2 Å². The van der Waals surface area contributed by atoms with Gasteiger partial charge in [-0.1, -0.05) is 0 Å². The number of amides is 2. The number of aliphatic carboxylic acids is 1. The molecule has 0 aromatic carbocycles. The molecule has 1 aliphatic rings. The summed E-state index contributed by atoms with van der Waals surface area (Å²) in [5, 5.41) is 8.69. The highest BCUT2D eigenvalue weighted by Crippen LogP contribution is 2.17. The maximum Gasteiger partial charge on any atom is 0.323 e. The van der Waals surface area contributed by atoms with Crippen LogP contribution in [0.1, 0.15) is 32.1 Å². The molecule has 1 heterocycles. The van der Waals surface area contributed by atoms with Crippen molar-refractivity contribution < 1.29 is 24.2 Å². The first kappa shape index (κ1) is 15.4. The van der Waals surface area contributed by atoms with Crippen LogP contribution in [0.5, 0.6) is 0 Å². The van der Waals surface area contributed by atoms with E-state index in [9.17, 15) is 14.4 Å². The number of carboxylic acids is 1. The highest BCUT2D eigenvalue weighted by Gasteiger charge is 2.21. The normalized spacial score (nSPS) is 18.8. The number of rotatable bonds is 7. The smallest absolute Gasteiger partial charge is 0.323 e. The van der Waals surface area contributed by atoms with Crippen LogP contribution in [0.2, 0.25) is 0 Å². The second-order valence-electron chi connectivity index (χ2n) is 4.64. The zero-order valence-corrected chi connectivity index (χ0v) is 10.8. The number of hydrogen-bond acceptors (Lipinski definition) is 4. The molecule has 7 heteroatoms. The molecule has 0 aromatic heterocycles. The Labute approximate surface area is 111 Å². The second kappa shape index (κ2) is 7.73. The Kier molecular flexibility index (Phi) is 6.27. The molecular formula is C12H20N2O5. The molecule has 19 heavy (non-hydrogen) atoms. The Hall–Kier alpha value is -1.63. The molecule has 0 radical (unpaired) electrons. The number of primary amides is 1. The van der Waals surface area contributed by atoms with Gasteiger partial charge >= 0.3 is 5.97 Å². The minimum absolute atomic E-state index is 0.0537. The van der Waals surface area contributed by atoms with E-state index in [1.165, 1.54) is 0 Å². The highest BCUT2D eigenvalue weighted by atomic mass is 16.5. The zero-order chi connectivity index (χ0) is 14.3. The van der Waals surface area contributed by atoms with Crippen molar-refractivity contribution >= 4 is 17.8 Å². The monoisotopic (exact) mass is 272 g/mol. The van der Waals surface area contributed by atoms with Gasteiger partial charge in [0.05, 0.1) is 12.6 Å². The number of nitrogens with zero attached hydrogens (tertiary/aromatic N) is 1. The lowest BCUT2D eigenvalue weighted by molar-refractivity contribution is -0.146. The number of hydrogen-bond donors (Lipinski definition) is 2. The summed E-state index contributed by atoms with van der Waals surface area (Å²) in [6, 6.07) is 0. The molecule has 0 aromatic rings. The summed E-state index contributed by atoms with van der Waals surface area (Å²) in [5.41, 5.74) is 5.00. The lowest BCUT2D eigenvalue weighted by Crippen LogP contribution is -2.41. The average molecular weight is 272 g/mol. The largest absolute Gasteiger partial charge is 0.480 e. The van der Waals surface area contributed by atoms with Crippen molar-refractivity contribution in [2.24, 2.45) is 5.73 Å². The Morgan fingerprint density at radius 1 is 1.26 bits per heavy atom. The lowest BCUT2D eigenvalue weighted by atomic mass is 10.0. The number of carbonyl (C=O) groups excluding carboxylic acids is 2. The van der Waals surface area contributed by atoms with Crippen LogP contribution in [-0.4, -0.2) is 53.6 Å². The van der Waals surface area contributed by atoms with E-state index in [2.05, 4.69) is 0 Å². The van der Waals surface area contributed by atoms with Crippen LogP contribution in [0.25, 0.3) is 0 Å². The molecule has 1 saturated heterocycles. The van der Waals surface area contributed by atoms with Crippen molar-refractivity contribution in [1.82, 2.24) is 4.90 Å². The van der Waals surface area contributed by atoms with Crippen LogP contribution in [0, 0.1) is 0 Å². The summed E-state index contributed by atoms with van der Waals surface area (Å²) in [5.74, 6) is -2.26. The first-order chi connectivity index (χ1) is 8.99. The summed E-state index contributed by atoms with van der Waals surface area (Å²) < 4.78 is 5.49. The predicted octanol–water partition coefficient (Wildman–Crippen LogP) is -0.266. The van der Waals surface area contributed by atoms with Crippen LogP contribution in [-0.2, 0) is 19.1 Å². The van der Waals surface area contributed by atoms with Crippen LogP contribution in [0.4, 0.5) is 0 Å². The number of ether oxygens (including phenoxy) is 1. The molecule has 108 valence electrons. The van der Waals surface area contributed by atoms with Crippen LogP contribution >= 0.6 is 0 Å². The second-order valence-corrected chi connectivity index (χ2v) is 4.64. The molecule has 1 atom stereocenters. The van der Waals surface area contributed by atoms with E-state index in [1.54, 1.807) is 0 Å². The highest BCUT2D eigenvalue weighted by molar-refractivity contribution is 5.86. The summed E-state index contributed by atoms with van der Waals surface area (Å²) in [4.78, 5) is 34.3. The Morgan fingerprint density at radius 3 is 2.53 bits per heavy atom. The van der Waals surface area contributed by atoms with E-state index in [4.69, 9.17) is 15.6 Å². The SMILES string of the molecule is NC(=O)CN(CC(=O)O)C(=O)CCC1CCCCO1. The van der Waals surface area contributed by atoms with Gasteiger partial charge in [0.1, 0.15) is 6.54 Å². The predicted molar refractivity (Wildman–Crippen MR) is 66.2 cm³/mol. The molecule has 1 unspecified atom stereocenters. The van der Waals surface area contributed by atoms with Crippen molar-refractivity contribution in [2.45, 2.75) is 38.2 Å². The Morgan fingerprint density at radius 2 is 2.00 bits per heavy atom. The van der Waals surface area contributed by atoms with Gasteiger partial charge in [-0.2, -0.15) is 0 Å². The standard InChI is InChI=1S/C12H20N2O5/c13-10(15)7-14(8-12(17)18)11(16)5-4-9-3-1-2-6-19-9/h9H,1-8H2,(H2,13,15)(H,17,18). The number of carbonyl (C=O) groups is 3. The maximum absolute atomic E-state index is 11.9. The lowest BCUT2D eigenvalue weighted by Gasteiger charge is -2.24. The van der Waals surface area contributed by atoms with Crippen molar-refractivity contribution in [3.8, 4) is 0 Å². The van der Waals surface area contributed by atoms with Crippen LogP contribution < -0.4 is 5.73 Å². The minimum atomic E-state index is -1.16. The summed E-state index contributed by atoms with van der Waals surface area (Å²) in [6.45, 7) is -0.164. The molecule has 0 spiro atoms. The van der Waals surface area contributed by atoms with Gasteiger partial charge in [-0.3, -0.25) is 14.4 Å². The van der Waals surface area contributed by atoms with Gasteiger partial charge in [0.25, 0.3) is 0 Å². The van der Waals surface area contributed by atoms with E-state index in [0.29, 0.717) is 13.0 Å². The van der Waals surface area contributed by atoms with Gasteiger partial charge in [0.15, 0.2) is 0 Å². The summed E-state index contributed by atoms with van der Waals surface area (Å²) in [6.07, 6.45) is 3.81. The topological polar surface area (TPSA) is 110 Å².